The topological polar surface area (TPSA) is 80.1 Å². The van der Waals surface area contributed by atoms with Gasteiger partial charge in [0.1, 0.15) is 0 Å². The van der Waals surface area contributed by atoms with Gasteiger partial charge >= 0.3 is 0 Å². The molecule has 22 heavy (non-hydrogen) atoms. The van der Waals surface area contributed by atoms with E-state index in [4.69, 9.17) is 14.7 Å². The largest absolute Gasteiger partial charge is 0.493 e. The summed E-state index contributed by atoms with van der Waals surface area (Å²) in [5, 5.41) is 19.0. The van der Waals surface area contributed by atoms with Gasteiger partial charge in [-0.3, -0.25) is 5.32 Å². The van der Waals surface area contributed by atoms with Gasteiger partial charge in [0.05, 0.1) is 19.4 Å². The maximum absolute atomic E-state index is 8.54. The number of aromatic nitrogens is 2. The highest BCUT2D eigenvalue weighted by atomic mass is 16.5. The Kier molecular flexibility index (Phi) is 5.15. The van der Waals surface area contributed by atoms with Gasteiger partial charge in [-0.15, -0.1) is 10.2 Å². The molecule has 0 bridgehead atoms. The average Bonchev–Trinajstić information content (AvgIpc) is 2.53. The van der Waals surface area contributed by atoms with Gasteiger partial charge in [0.15, 0.2) is 23.5 Å². The Bertz CT molecular complexity index is 663. The van der Waals surface area contributed by atoms with Crippen molar-refractivity contribution in [2.24, 2.45) is 5.92 Å². The quantitative estimate of drug-likeness (QED) is 0.652. The molecule has 0 atom stereocenters. The fourth-order valence-corrected chi connectivity index (χ4v) is 1.81. The molecule has 6 nitrogen and oxygen atoms in total. The summed E-state index contributed by atoms with van der Waals surface area (Å²) < 4.78 is 11.1. The number of ether oxygens (including phenoxy) is 2. The SMILES string of the molecule is COc1cc(-c2ccc(NC#N)nn2)ccc1OCC(C)C. The van der Waals surface area contributed by atoms with Crippen LogP contribution >= 0.6 is 0 Å². The van der Waals surface area contributed by atoms with Crippen molar-refractivity contribution >= 4 is 5.82 Å². The molecular formula is C16H18N4O2. The molecule has 0 saturated carbocycles. The zero-order chi connectivity index (χ0) is 15.9. The Labute approximate surface area is 129 Å². The predicted octanol–water partition coefficient (Wildman–Crippen LogP) is 3.08. The summed E-state index contributed by atoms with van der Waals surface area (Å²) in [7, 11) is 1.60. The molecule has 1 N–H and O–H groups in total. The second-order valence-electron chi connectivity index (χ2n) is 5.11. The fourth-order valence-electron chi connectivity index (χ4n) is 1.81. The molecule has 0 unspecified atom stereocenters. The minimum absolute atomic E-state index is 0.412. The minimum Gasteiger partial charge on any atom is -0.493 e. The molecule has 2 rings (SSSR count). The highest BCUT2D eigenvalue weighted by Gasteiger charge is 2.09. The van der Waals surface area contributed by atoms with E-state index in [1.54, 1.807) is 25.4 Å². The van der Waals surface area contributed by atoms with E-state index < -0.39 is 0 Å². The lowest BCUT2D eigenvalue weighted by molar-refractivity contribution is 0.257. The van der Waals surface area contributed by atoms with Gasteiger partial charge in [-0.05, 0) is 36.2 Å². The van der Waals surface area contributed by atoms with E-state index in [1.807, 2.05) is 18.2 Å². The van der Waals surface area contributed by atoms with E-state index in [2.05, 4.69) is 29.4 Å². The number of nitrogens with one attached hydrogen (secondary N) is 1. The first-order valence-electron chi connectivity index (χ1n) is 6.94. The van der Waals surface area contributed by atoms with Crippen LogP contribution in [0.5, 0.6) is 11.5 Å². The highest BCUT2D eigenvalue weighted by Crippen LogP contribution is 2.32. The molecule has 0 amide bonds. The maximum atomic E-state index is 8.54. The summed E-state index contributed by atoms with van der Waals surface area (Å²) in [6.45, 7) is 4.81. The summed E-state index contributed by atoms with van der Waals surface area (Å²) >= 11 is 0. The third-order valence-electron chi connectivity index (χ3n) is 2.88. The Morgan fingerprint density at radius 1 is 1.18 bits per heavy atom. The Morgan fingerprint density at radius 3 is 2.59 bits per heavy atom. The number of rotatable bonds is 6. The summed E-state index contributed by atoms with van der Waals surface area (Å²) in [6.07, 6.45) is 1.80. The van der Waals surface area contributed by atoms with E-state index in [0.717, 1.165) is 5.56 Å². The van der Waals surface area contributed by atoms with Gasteiger partial charge < -0.3 is 9.47 Å². The smallest absolute Gasteiger partial charge is 0.182 e. The predicted molar refractivity (Wildman–Crippen MR) is 83.6 cm³/mol. The number of hydrogen-bond acceptors (Lipinski definition) is 6. The van der Waals surface area contributed by atoms with Gasteiger partial charge in [-0.1, -0.05) is 13.8 Å². The maximum Gasteiger partial charge on any atom is 0.182 e. The minimum atomic E-state index is 0.412. The third-order valence-corrected chi connectivity index (χ3v) is 2.88. The lowest BCUT2D eigenvalue weighted by Crippen LogP contribution is -2.05. The number of methoxy groups -OCH3 is 1. The van der Waals surface area contributed by atoms with E-state index in [0.29, 0.717) is 35.5 Å². The van der Waals surface area contributed by atoms with Crippen LogP contribution in [0.15, 0.2) is 30.3 Å². The Morgan fingerprint density at radius 2 is 2.00 bits per heavy atom. The third kappa shape index (κ3) is 3.85. The first-order valence-corrected chi connectivity index (χ1v) is 6.94. The molecule has 0 spiro atoms. The van der Waals surface area contributed by atoms with Crippen LogP contribution in [0.25, 0.3) is 11.3 Å². The second-order valence-corrected chi connectivity index (χ2v) is 5.11. The fraction of sp³-hybridized carbons (Fsp3) is 0.312. The Hall–Kier alpha value is -2.81. The molecule has 0 saturated heterocycles. The standard InChI is InChI=1S/C16H18N4O2/c1-11(2)9-22-14-6-4-12(8-15(14)21-3)13-5-7-16(18-10-17)20-19-13/h4-8,11H,9H2,1-3H3,(H,18,20). The lowest BCUT2D eigenvalue weighted by Gasteiger charge is -2.13. The van der Waals surface area contributed by atoms with Crippen molar-refractivity contribution in [1.29, 1.82) is 5.26 Å². The van der Waals surface area contributed by atoms with Crippen molar-refractivity contribution < 1.29 is 9.47 Å². The zero-order valence-corrected chi connectivity index (χ0v) is 12.8. The molecule has 0 radical (unpaired) electrons. The van der Waals surface area contributed by atoms with Crippen LogP contribution in [-0.2, 0) is 0 Å². The van der Waals surface area contributed by atoms with E-state index in [1.165, 1.54) is 0 Å². The van der Waals surface area contributed by atoms with Gasteiger partial charge in [0, 0.05) is 5.56 Å². The summed E-state index contributed by atoms with van der Waals surface area (Å²) in [5.74, 6) is 2.21. The van der Waals surface area contributed by atoms with E-state index >= 15 is 0 Å². The molecule has 2 aromatic rings. The molecule has 1 aromatic heterocycles. The normalized spacial score (nSPS) is 10.1. The van der Waals surface area contributed by atoms with Crippen LogP contribution in [-0.4, -0.2) is 23.9 Å². The second kappa shape index (κ2) is 7.27. The molecule has 6 heteroatoms. The van der Waals surface area contributed by atoms with E-state index in [9.17, 15) is 0 Å². The zero-order valence-electron chi connectivity index (χ0n) is 12.8. The van der Waals surface area contributed by atoms with Gasteiger partial charge in [-0.25, -0.2) is 0 Å². The van der Waals surface area contributed by atoms with Crippen LogP contribution in [0.4, 0.5) is 5.82 Å². The molecule has 0 aliphatic rings. The molecule has 0 aliphatic carbocycles. The van der Waals surface area contributed by atoms with Crippen LogP contribution in [0.2, 0.25) is 0 Å². The number of hydrogen-bond donors (Lipinski definition) is 1. The average molecular weight is 298 g/mol. The molecule has 0 aliphatic heterocycles. The van der Waals surface area contributed by atoms with E-state index in [-0.39, 0.29) is 0 Å². The van der Waals surface area contributed by atoms with Crippen LogP contribution < -0.4 is 14.8 Å². The van der Waals surface area contributed by atoms with Crippen molar-refractivity contribution in [3.63, 3.8) is 0 Å². The Balaban J connectivity index is 2.23. The van der Waals surface area contributed by atoms with Crippen LogP contribution in [0, 0.1) is 17.4 Å². The van der Waals surface area contributed by atoms with Gasteiger partial charge in [0.2, 0.25) is 0 Å². The van der Waals surface area contributed by atoms with Crippen molar-refractivity contribution in [3.05, 3.63) is 30.3 Å². The lowest BCUT2D eigenvalue weighted by atomic mass is 10.1. The summed E-state index contributed by atoms with van der Waals surface area (Å²) in [5.41, 5.74) is 1.56. The number of anilines is 1. The first-order chi connectivity index (χ1) is 10.6. The molecule has 0 fully saturated rings. The molecule has 1 aromatic carbocycles. The van der Waals surface area contributed by atoms with Crippen molar-refractivity contribution in [2.75, 3.05) is 19.0 Å². The van der Waals surface area contributed by atoms with Crippen molar-refractivity contribution in [3.8, 4) is 28.9 Å². The molecule has 1 heterocycles. The van der Waals surface area contributed by atoms with Crippen LogP contribution in [0.3, 0.4) is 0 Å². The van der Waals surface area contributed by atoms with Gasteiger partial charge in [-0.2, -0.15) is 5.26 Å². The van der Waals surface area contributed by atoms with Crippen LogP contribution in [0.1, 0.15) is 13.8 Å². The summed E-state index contributed by atoms with van der Waals surface area (Å²) in [4.78, 5) is 0. The molecule has 114 valence electrons. The number of nitriles is 1. The van der Waals surface area contributed by atoms with Gasteiger partial charge in [0.25, 0.3) is 0 Å². The molecular weight excluding hydrogens is 280 g/mol. The number of benzene rings is 1. The number of nitrogens with zero attached hydrogens (tertiary/aromatic N) is 3. The monoisotopic (exact) mass is 298 g/mol. The van der Waals surface area contributed by atoms with Crippen molar-refractivity contribution in [2.45, 2.75) is 13.8 Å². The summed E-state index contributed by atoms with van der Waals surface area (Å²) in [6, 6.07) is 9.10. The highest BCUT2D eigenvalue weighted by molar-refractivity contribution is 5.64. The van der Waals surface area contributed by atoms with Crippen molar-refractivity contribution in [1.82, 2.24) is 10.2 Å². The first kappa shape index (κ1) is 15.6.